The molecule has 0 aliphatic rings. The van der Waals surface area contributed by atoms with E-state index in [0.717, 1.165) is 38.9 Å². The molecule has 186 valence electrons. The molecule has 7 nitrogen and oxygen atoms in total. The van der Waals surface area contributed by atoms with Gasteiger partial charge < -0.3 is 19.9 Å². The van der Waals surface area contributed by atoms with Crippen molar-refractivity contribution in [1.29, 1.82) is 0 Å². The van der Waals surface area contributed by atoms with E-state index in [1.54, 1.807) is 18.0 Å². The molecule has 2 N–H and O–H groups in total. The van der Waals surface area contributed by atoms with E-state index in [9.17, 15) is 4.79 Å². The Hall–Kier alpha value is -4.01. The summed E-state index contributed by atoms with van der Waals surface area (Å²) < 4.78 is 1.96. The Kier molecular flexibility index (Phi) is 7.30. The van der Waals surface area contributed by atoms with Gasteiger partial charge in [0, 0.05) is 53.4 Å². The zero-order valence-corrected chi connectivity index (χ0v) is 21.9. The maximum Gasteiger partial charge on any atom is 0.323 e. The summed E-state index contributed by atoms with van der Waals surface area (Å²) >= 11 is 7.63. The minimum absolute atomic E-state index is 0.306. The molecular weight excluding hydrogens is 504 g/mol. The van der Waals surface area contributed by atoms with Crippen LogP contribution < -0.4 is 15.5 Å². The van der Waals surface area contributed by atoms with Gasteiger partial charge in [-0.25, -0.2) is 14.8 Å². The first kappa shape index (κ1) is 24.7. The Morgan fingerprint density at radius 2 is 1.86 bits per heavy atom. The van der Waals surface area contributed by atoms with E-state index in [-0.39, 0.29) is 6.03 Å². The van der Waals surface area contributed by atoms with Crippen LogP contribution in [0.4, 0.5) is 22.0 Å². The van der Waals surface area contributed by atoms with Crippen molar-refractivity contribution in [1.82, 2.24) is 14.4 Å². The van der Waals surface area contributed by atoms with E-state index in [2.05, 4.69) is 20.5 Å². The summed E-state index contributed by atoms with van der Waals surface area (Å²) in [4.78, 5) is 25.2. The number of hydrogen-bond donors (Lipinski definition) is 2. The number of amides is 2. The minimum Gasteiger partial charge on any atom is -0.352 e. The fraction of sp³-hybridized carbons (Fsp3) is 0.107. The van der Waals surface area contributed by atoms with Crippen molar-refractivity contribution in [3.63, 3.8) is 0 Å². The quantitative estimate of drug-likeness (QED) is 0.221. The van der Waals surface area contributed by atoms with E-state index in [4.69, 9.17) is 16.6 Å². The van der Waals surface area contributed by atoms with Crippen LogP contribution in [0.3, 0.4) is 0 Å². The van der Waals surface area contributed by atoms with E-state index in [1.165, 1.54) is 0 Å². The molecule has 0 spiro atoms. The first-order valence-corrected chi connectivity index (χ1v) is 13.2. The lowest BCUT2D eigenvalue weighted by atomic mass is 10.1. The second-order valence-electron chi connectivity index (χ2n) is 8.45. The first-order chi connectivity index (χ1) is 18.0. The summed E-state index contributed by atoms with van der Waals surface area (Å²) in [5, 5.41) is 6.56. The molecule has 0 radical (unpaired) electrons. The molecule has 2 heterocycles. The maximum absolute atomic E-state index is 12.7. The predicted molar refractivity (Wildman–Crippen MR) is 153 cm³/mol. The van der Waals surface area contributed by atoms with Crippen LogP contribution in [0.15, 0.2) is 96.3 Å². The second kappa shape index (κ2) is 10.9. The fourth-order valence-electron chi connectivity index (χ4n) is 4.04. The number of urea groups is 1. The summed E-state index contributed by atoms with van der Waals surface area (Å²) in [6, 6.07) is 22.8. The smallest absolute Gasteiger partial charge is 0.323 e. The summed E-state index contributed by atoms with van der Waals surface area (Å²) in [6.45, 7) is 0.648. The zero-order chi connectivity index (χ0) is 25.8. The van der Waals surface area contributed by atoms with Crippen molar-refractivity contribution in [2.45, 2.75) is 11.4 Å². The lowest BCUT2D eigenvalue weighted by molar-refractivity contribution is 0.262. The van der Waals surface area contributed by atoms with Crippen LogP contribution in [0.1, 0.15) is 5.56 Å². The van der Waals surface area contributed by atoms with E-state index < -0.39 is 0 Å². The normalized spacial score (nSPS) is 10.9. The van der Waals surface area contributed by atoms with Gasteiger partial charge >= 0.3 is 6.03 Å². The van der Waals surface area contributed by atoms with Crippen molar-refractivity contribution in [2.75, 3.05) is 28.8 Å². The first-order valence-electron chi connectivity index (χ1n) is 11.6. The molecule has 0 saturated heterocycles. The zero-order valence-electron chi connectivity index (χ0n) is 20.4. The summed E-state index contributed by atoms with van der Waals surface area (Å²) in [7, 11) is 1.99. The number of carbonyl (C=O) groups is 1. The number of nitrogens with one attached hydrogen (secondary N) is 2. The van der Waals surface area contributed by atoms with Crippen molar-refractivity contribution in [2.24, 2.45) is 0 Å². The monoisotopic (exact) mass is 528 g/mol. The average molecular weight is 529 g/mol. The number of nitrogens with zero attached hydrogens (tertiary/aromatic N) is 4. The molecule has 37 heavy (non-hydrogen) atoms. The van der Waals surface area contributed by atoms with Crippen LogP contribution in [0.2, 0.25) is 5.02 Å². The standard InChI is InChI=1S/C28H25ClN6OS/c1-34(17-19-10-12-21(29)13-11-19)27-26-30-14-15-35(26)18-24(32-27)20-6-5-7-22(16-20)31-28(36)33-23-8-3-4-9-25(23)37-2/h3-16,18H,17H2,1-2H3,(H2,31,33,36). The Morgan fingerprint density at radius 1 is 1.05 bits per heavy atom. The number of benzene rings is 3. The third-order valence-electron chi connectivity index (χ3n) is 5.82. The SMILES string of the molecule is CSc1ccccc1NC(=O)Nc1cccc(-c2cn3ccnc3c(N(C)Cc3ccc(Cl)cc3)n2)c1. The number of fused-ring (bicyclic) bond motifs is 1. The topological polar surface area (TPSA) is 74.6 Å². The molecule has 0 bridgehead atoms. The molecule has 0 unspecified atom stereocenters. The highest BCUT2D eigenvalue weighted by Gasteiger charge is 2.14. The Bertz CT molecular complexity index is 1550. The van der Waals surface area contributed by atoms with Crippen LogP contribution in [0.25, 0.3) is 16.9 Å². The molecule has 0 atom stereocenters. The van der Waals surface area contributed by atoms with Gasteiger partial charge in [-0.15, -0.1) is 11.8 Å². The molecule has 0 aliphatic heterocycles. The molecule has 2 amide bonds. The predicted octanol–water partition coefficient (Wildman–Crippen LogP) is 7.05. The third kappa shape index (κ3) is 5.71. The number of halogens is 1. The number of anilines is 3. The molecule has 0 fully saturated rings. The Morgan fingerprint density at radius 3 is 2.68 bits per heavy atom. The van der Waals surface area contributed by atoms with Crippen molar-refractivity contribution in [3.8, 4) is 11.3 Å². The lowest BCUT2D eigenvalue weighted by Crippen LogP contribution is -2.20. The van der Waals surface area contributed by atoms with Gasteiger partial charge in [-0.2, -0.15) is 0 Å². The van der Waals surface area contributed by atoms with Crippen LogP contribution >= 0.6 is 23.4 Å². The highest BCUT2D eigenvalue weighted by molar-refractivity contribution is 7.98. The summed E-state index contributed by atoms with van der Waals surface area (Å²) in [6.07, 6.45) is 7.58. The van der Waals surface area contributed by atoms with E-state index in [0.29, 0.717) is 17.3 Å². The number of imidazole rings is 1. The van der Waals surface area contributed by atoms with Crippen LogP contribution in [-0.2, 0) is 6.54 Å². The highest BCUT2D eigenvalue weighted by atomic mass is 35.5. The molecule has 0 saturated carbocycles. The van der Waals surface area contributed by atoms with Crippen molar-refractivity contribution in [3.05, 3.63) is 102 Å². The second-order valence-corrected chi connectivity index (χ2v) is 9.74. The Balaban J connectivity index is 1.39. The molecule has 9 heteroatoms. The van der Waals surface area contributed by atoms with Gasteiger partial charge in [0.2, 0.25) is 0 Å². The van der Waals surface area contributed by atoms with Crippen molar-refractivity contribution >= 4 is 52.2 Å². The number of para-hydroxylation sites is 1. The lowest BCUT2D eigenvalue weighted by Gasteiger charge is -2.20. The minimum atomic E-state index is -0.306. The molecular formula is C28H25ClN6OS. The summed E-state index contributed by atoms with van der Waals surface area (Å²) in [5.41, 5.74) is 4.95. The maximum atomic E-state index is 12.7. The number of rotatable bonds is 7. The molecule has 5 aromatic rings. The number of hydrogen-bond acceptors (Lipinski definition) is 5. The third-order valence-corrected chi connectivity index (χ3v) is 6.87. The number of thioether (sulfide) groups is 1. The highest BCUT2D eigenvalue weighted by Crippen LogP contribution is 2.28. The largest absolute Gasteiger partial charge is 0.352 e. The molecule has 2 aromatic heterocycles. The van der Waals surface area contributed by atoms with Gasteiger partial charge in [0.1, 0.15) is 0 Å². The number of aromatic nitrogens is 3. The fourth-order valence-corrected chi connectivity index (χ4v) is 4.72. The van der Waals surface area contributed by atoms with Crippen LogP contribution in [-0.4, -0.2) is 33.7 Å². The van der Waals surface area contributed by atoms with Crippen LogP contribution in [0, 0.1) is 0 Å². The van der Waals surface area contributed by atoms with Crippen molar-refractivity contribution < 1.29 is 4.79 Å². The van der Waals surface area contributed by atoms with Crippen LogP contribution in [0.5, 0.6) is 0 Å². The molecule has 0 aliphatic carbocycles. The van der Waals surface area contributed by atoms with Gasteiger partial charge in [0.15, 0.2) is 11.5 Å². The van der Waals surface area contributed by atoms with E-state index in [1.807, 2.05) is 103 Å². The van der Waals surface area contributed by atoms with Gasteiger partial charge in [0.25, 0.3) is 0 Å². The van der Waals surface area contributed by atoms with Gasteiger partial charge in [-0.3, -0.25) is 0 Å². The van der Waals surface area contributed by atoms with Gasteiger partial charge in [-0.05, 0) is 48.2 Å². The van der Waals surface area contributed by atoms with Gasteiger partial charge in [-0.1, -0.05) is 48.0 Å². The average Bonchev–Trinajstić information content (AvgIpc) is 3.39. The Labute approximate surface area is 224 Å². The molecule has 3 aromatic carbocycles. The van der Waals surface area contributed by atoms with Gasteiger partial charge in [0.05, 0.1) is 11.4 Å². The molecule has 5 rings (SSSR count). The number of carbonyl (C=O) groups excluding carboxylic acids is 1. The van der Waals surface area contributed by atoms with E-state index >= 15 is 0 Å². The summed E-state index contributed by atoms with van der Waals surface area (Å²) in [5.74, 6) is 0.752.